The van der Waals surface area contributed by atoms with E-state index in [0.29, 0.717) is 5.56 Å². The van der Waals surface area contributed by atoms with Crippen molar-refractivity contribution in [3.8, 4) is 11.5 Å². The predicted octanol–water partition coefficient (Wildman–Crippen LogP) is 2.94. The van der Waals surface area contributed by atoms with Crippen molar-refractivity contribution in [1.82, 2.24) is 0 Å². The molecule has 106 valence electrons. The average molecular weight is 292 g/mol. The van der Waals surface area contributed by atoms with Gasteiger partial charge in [-0.3, -0.25) is 0 Å². The van der Waals surface area contributed by atoms with Crippen molar-refractivity contribution in [2.75, 3.05) is 7.11 Å². The minimum Gasteiger partial charge on any atom is -0.504 e. The highest BCUT2D eigenvalue weighted by atomic mass is 32.2. The Morgan fingerprint density at radius 2 is 1.75 bits per heavy atom. The summed E-state index contributed by atoms with van der Waals surface area (Å²) in [5.41, 5.74) is 0.573. The Kier molecular flexibility index (Phi) is 3.99. The van der Waals surface area contributed by atoms with Crippen molar-refractivity contribution in [3.63, 3.8) is 0 Å². The van der Waals surface area contributed by atoms with Gasteiger partial charge in [-0.25, -0.2) is 8.42 Å². The van der Waals surface area contributed by atoms with E-state index in [1.54, 1.807) is 49.4 Å². The van der Waals surface area contributed by atoms with Gasteiger partial charge in [0.05, 0.1) is 17.3 Å². The van der Waals surface area contributed by atoms with Gasteiger partial charge in [0.25, 0.3) is 0 Å². The fraction of sp³-hybridized carbons (Fsp3) is 0.200. The lowest BCUT2D eigenvalue weighted by Crippen LogP contribution is -2.10. The maximum atomic E-state index is 12.5. The van der Waals surface area contributed by atoms with Crippen molar-refractivity contribution in [1.29, 1.82) is 0 Å². The molecule has 0 unspecified atom stereocenters. The number of phenolic OH excluding ortho intramolecular Hbond substituents is 1. The van der Waals surface area contributed by atoms with Gasteiger partial charge in [0.2, 0.25) is 0 Å². The quantitative estimate of drug-likeness (QED) is 0.941. The number of ether oxygens (including phenoxy) is 1. The van der Waals surface area contributed by atoms with Crippen LogP contribution in [0.2, 0.25) is 0 Å². The Labute approximate surface area is 118 Å². The van der Waals surface area contributed by atoms with E-state index in [9.17, 15) is 13.5 Å². The van der Waals surface area contributed by atoms with Crippen LogP contribution in [0.15, 0.2) is 53.4 Å². The third-order valence-electron chi connectivity index (χ3n) is 3.21. The molecule has 0 aliphatic carbocycles. The van der Waals surface area contributed by atoms with E-state index in [1.165, 1.54) is 13.2 Å². The average Bonchev–Trinajstić information content (AvgIpc) is 2.48. The number of benzene rings is 2. The summed E-state index contributed by atoms with van der Waals surface area (Å²) in [4.78, 5) is 0.277. The molecule has 0 aromatic heterocycles. The summed E-state index contributed by atoms with van der Waals surface area (Å²) in [5, 5.41) is 8.84. The molecule has 2 rings (SSSR count). The van der Waals surface area contributed by atoms with Crippen molar-refractivity contribution >= 4 is 9.84 Å². The van der Waals surface area contributed by atoms with Gasteiger partial charge < -0.3 is 9.84 Å². The summed E-state index contributed by atoms with van der Waals surface area (Å²) in [6.07, 6.45) is 0. The Balaban J connectivity index is 2.43. The normalized spacial score (nSPS) is 12.9. The van der Waals surface area contributed by atoms with Gasteiger partial charge in [-0.2, -0.15) is 0 Å². The molecule has 2 aromatic rings. The van der Waals surface area contributed by atoms with Gasteiger partial charge in [0.15, 0.2) is 21.3 Å². The molecule has 0 saturated carbocycles. The maximum Gasteiger partial charge on any atom is 0.185 e. The van der Waals surface area contributed by atoms with Crippen LogP contribution in [-0.4, -0.2) is 20.6 Å². The smallest absolute Gasteiger partial charge is 0.185 e. The highest BCUT2D eigenvalue weighted by molar-refractivity contribution is 7.91. The van der Waals surface area contributed by atoms with Gasteiger partial charge in [0.1, 0.15) is 0 Å². The molecule has 0 heterocycles. The Hall–Kier alpha value is -2.01. The summed E-state index contributed by atoms with van der Waals surface area (Å²) in [7, 11) is -2.04. The van der Waals surface area contributed by atoms with Gasteiger partial charge in [-0.1, -0.05) is 24.3 Å². The van der Waals surface area contributed by atoms with Gasteiger partial charge >= 0.3 is 0 Å². The molecule has 20 heavy (non-hydrogen) atoms. The minimum atomic E-state index is -3.47. The fourth-order valence-corrected chi connectivity index (χ4v) is 3.39. The lowest BCUT2D eigenvalue weighted by molar-refractivity contribution is 0.373. The summed E-state index contributed by atoms with van der Waals surface area (Å²) < 4.78 is 30.0. The van der Waals surface area contributed by atoms with E-state index < -0.39 is 15.1 Å². The zero-order valence-electron chi connectivity index (χ0n) is 11.3. The molecular formula is C15H16O4S. The van der Waals surface area contributed by atoms with Gasteiger partial charge in [0, 0.05) is 0 Å². The predicted molar refractivity (Wildman–Crippen MR) is 76.7 cm³/mol. The number of hydrogen-bond acceptors (Lipinski definition) is 4. The number of methoxy groups -OCH3 is 1. The molecule has 0 fully saturated rings. The van der Waals surface area contributed by atoms with Crippen LogP contribution in [0.3, 0.4) is 0 Å². The monoisotopic (exact) mass is 292 g/mol. The van der Waals surface area contributed by atoms with Crippen LogP contribution in [0.25, 0.3) is 0 Å². The second kappa shape index (κ2) is 5.54. The first-order valence-electron chi connectivity index (χ1n) is 6.12. The van der Waals surface area contributed by atoms with Crippen LogP contribution in [0.1, 0.15) is 17.7 Å². The third kappa shape index (κ3) is 2.63. The molecule has 2 aromatic carbocycles. The molecule has 5 heteroatoms. The van der Waals surface area contributed by atoms with E-state index in [1.807, 2.05) is 0 Å². The molecule has 1 atom stereocenters. The first kappa shape index (κ1) is 14.4. The number of phenols is 1. The van der Waals surface area contributed by atoms with Crippen molar-refractivity contribution in [2.24, 2.45) is 0 Å². The van der Waals surface area contributed by atoms with Crippen molar-refractivity contribution in [2.45, 2.75) is 17.1 Å². The Morgan fingerprint density at radius 1 is 1.10 bits per heavy atom. The summed E-state index contributed by atoms with van der Waals surface area (Å²) >= 11 is 0. The Morgan fingerprint density at radius 3 is 2.35 bits per heavy atom. The molecule has 0 radical (unpaired) electrons. The van der Waals surface area contributed by atoms with Gasteiger partial charge in [-0.15, -0.1) is 0 Å². The van der Waals surface area contributed by atoms with Crippen LogP contribution >= 0.6 is 0 Å². The highest BCUT2D eigenvalue weighted by Crippen LogP contribution is 2.34. The number of aromatic hydroxyl groups is 1. The topological polar surface area (TPSA) is 63.6 Å². The second-order valence-corrected chi connectivity index (χ2v) is 6.70. The zero-order valence-corrected chi connectivity index (χ0v) is 12.1. The molecule has 0 amide bonds. The fourth-order valence-electron chi connectivity index (χ4n) is 1.94. The van der Waals surface area contributed by atoms with E-state index in [-0.39, 0.29) is 16.4 Å². The lowest BCUT2D eigenvalue weighted by Gasteiger charge is -2.15. The maximum absolute atomic E-state index is 12.5. The minimum absolute atomic E-state index is 0.0134. The number of sulfone groups is 1. The van der Waals surface area contributed by atoms with Crippen LogP contribution in [0, 0.1) is 0 Å². The van der Waals surface area contributed by atoms with Crippen LogP contribution < -0.4 is 4.74 Å². The summed E-state index contributed by atoms with van der Waals surface area (Å²) in [5.74, 6) is 0.248. The summed E-state index contributed by atoms with van der Waals surface area (Å²) in [6, 6.07) is 12.9. The second-order valence-electron chi connectivity index (χ2n) is 4.43. The number of rotatable bonds is 4. The number of hydrogen-bond donors (Lipinski definition) is 1. The van der Waals surface area contributed by atoms with E-state index >= 15 is 0 Å². The van der Waals surface area contributed by atoms with E-state index in [2.05, 4.69) is 0 Å². The van der Waals surface area contributed by atoms with Crippen LogP contribution in [0.5, 0.6) is 11.5 Å². The van der Waals surface area contributed by atoms with Crippen LogP contribution in [0.4, 0.5) is 0 Å². The first-order valence-corrected chi connectivity index (χ1v) is 7.67. The third-order valence-corrected chi connectivity index (χ3v) is 5.34. The van der Waals surface area contributed by atoms with E-state index in [0.717, 1.165) is 0 Å². The molecule has 0 saturated heterocycles. The van der Waals surface area contributed by atoms with Crippen molar-refractivity contribution in [3.05, 3.63) is 54.1 Å². The lowest BCUT2D eigenvalue weighted by atomic mass is 10.1. The molecule has 4 nitrogen and oxygen atoms in total. The molecule has 0 spiro atoms. The Bertz CT molecular complexity index is 693. The van der Waals surface area contributed by atoms with E-state index in [4.69, 9.17) is 4.74 Å². The molecule has 0 aliphatic rings. The molecular weight excluding hydrogens is 276 g/mol. The molecule has 0 aliphatic heterocycles. The SMILES string of the molecule is COc1cc([C@H](C)S(=O)(=O)c2ccccc2)ccc1O. The first-order chi connectivity index (χ1) is 9.46. The highest BCUT2D eigenvalue weighted by Gasteiger charge is 2.25. The van der Waals surface area contributed by atoms with Crippen molar-refractivity contribution < 1.29 is 18.3 Å². The standard InChI is InChI=1S/C15H16O4S/c1-11(12-8-9-14(16)15(10-12)19-2)20(17,18)13-6-4-3-5-7-13/h3-11,16H,1-2H3/t11-/m0/s1. The molecule has 0 bridgehead atoms. The van der Waals surface area contributed by atoms with Crippen LogP contribution in [-0.2, 0) is 9.84 Å². The summed E-state index contributed by atoms with van der Waals surface area (Å²) in [6.45, 7) is 1.62. The van der Waals surface area contributed by atoms with Gasteiger partial charge in [-0.05, 0) is 36.8 Å². The zero-order chi connectivity index (χ0) is 14.8. The molecule has 1 N–H and O–H groups in total. The largest absolute Gasteiger partial charge is 0.504 e.